The van der Waals surface area contributed by atoms with E-state index >= 15 is 0 Å². The van der Waals surface area contributed by atoms with Crippen molar-refractivity contribution in [3.05, 3.63) is 0 Å². The molecule has 0 spiro atoms. The van der Waals surface area contributed by atoms with Crippen molar-refractivity contribution in [3.63, 3.8) is 0 Å². The van der Waals surface area contributed by atoms with E-state index in [0.717, 1.165) is 38.5 Å². The van der Waals surface area contributed by atoms with Gasteiger partial charge in [0.25, 0.3) is 0 Å². The average molecular weight is 773 g/mol. The molecular formula is C42H80N2O8S. The Morgan fingerprint density at radius 2 is 1.00 bits per heavy atom. The van der Waals surface area contributed by atoms with Crippen LogP contribution in [-0.4, -0.2) is 78.9 Å². The molecule has 0 unspecified atom stereocenters. The summed E-state index contributed by atoms with van der Waals surface area (Å²) >= 11 is 1.29. The van der Waals surface area contributed by atoms with E-state index in [-0.39, 0.29) is 30.1 Å². The molecule has 10 nitrogen and oxygen atoms in total. The van der Waals surface area contributed by atoms with E-state index < -0.39 is 36.7 Å². The zero-order valence-electron chi connectivity index (χ0n) is 34.2. The van der Waals surface area contributed by atoms with Crippen molar-refractivity contribution in [3.8, 4) is 0 Å². The Labute approximate surface area is 327 Å². The van der Waals surface area contributed by atoms with Crippen LogP contribution in [0.4, 0.5) is 0 Å². The summed E-state index contributed by atoms with van der Waals surface area (Å²) in [4.78, 5) is 49.4. The Morgan fingerprint density at radius 3 is 1.40 bits per heavy atom. The van der Waals surface area contributed by atoms with Gasteiger partial charge in [-0.15, -0.1) is 0 Å². The van der Waals surface area contributed by atoms with Gasteiger partial charge < -0.3 is 30.4 Å². The fourth-order valence-electron chi connectivity index (χ4n) is 6.20. The van der Waals surface area contributed by atoms with Gasteiger partial charge in [-0.05, 0) is 12.8 Å². The normalized spacial score (nSPS) is 12.9. The number of rotatable bonds is 39. The van der Waals surface area contributed by atoms with Gasteiger partial charge >= 0.3 is 17.9 Å². The minimum absolute atomic E-state index is 0.0506. The van der Waals surface area contributed by atoms with Crippen LogP contribution in [0.5, 0.6) is 0 Å². The zero-order valence-corrected chi connectivity index (χ0v) is 35.0. The number of aliphatic hydroxyl groups excluding tert-OH is 1. The number of unbranched alkanes of at least 4 members (excludes halogenated alkanes) is 24. The molecule has 4 N–H and O–H groups in total. The highest BCUT2D eigenvalue weighted by Gasteiger charge is 2.24. The van der Waals surface area contributed by atoms with Gasteiger partial charge in [0.15, 0.2) is 6.04 Å². The summed E-state index contributed by atoms with van der Waals surface area (Å²) in [7, 11) is 1.17. The highest BCUT2D eigenvalue weighted by molar-refractivity contribution is 7.99. The van der Waals surface area contributed by atoms with Gasteiger partial charge in [-0.2, -0.15) is 11.8 Å². The van der Waals surface area contributed by atoms with Crippen molar-refractivity contribution in [1.82, 2.24) is 5.32 Å². The van der Waals surface area contributed by atoms with Crippen LogP contribution in [0.3, 0.4) is 0 Å². The first-order chi connectivity index (χ1) is 25.8. The van der Waals surface area contributed by atoms with Crippen molar-refractivity contribution in [2.45, 2.75) is 212 Å². The van der Waals surface area contributed by atoms with E-state index in [1.165, 1.54) is 147 Å². The van der Waals surface area contributed by atoms with Crippen LogP contribution in [0.15, 0.2) is 0 Å². The molecule has 1 amide bonds. The number of esters is 3. The maximum atomic E-state index is 12.7. The minimum atomic E-state index is -1.20. The topological polar surface area (TPSA) is 154 Å². The monoisotopic (exact) mass is 773 g/mol. The third kappa shape index (κ3) is 33.2. The molecule has 0 radical (unpaired) electrons. The van der Waals surface area contributed by atoms with Gasteiger partial charge in [0.2, 0.25) is 5.91 Å². The first kappa shape index (κ1) is 51.1. The summed E-state index contributed by atoms with van der Waals surface area (Å²) in [5, 5.41) is 11.8. The van der Waals surface area contributed by atoms with E-state index in [1.54, 1.807) is 0 Å². The predicted molar refractivity (Wildman–Crippen MR) is 218 cm³/mol. The molecule has 0 fully saturated rings. The van der Waals surface area contributed by atoms with E-state index in [9.17, 15) is 24.3 Å². The number of amides is 1. The number of hydrogen-bond donors (Lipinski definition) is 3. The molecule has 0 aromatic rings. The van der Waals surface area contributed by atoms with Gasteiger partial charge in [-0.25, -0.2) is 4.79 Å². The first-order valence-electron chi connectivity index (χ1n) is 21.5. The van der Waals surface area contributed by atoms with E-state index in [1.807, 2.05) is 0 Å². The molecule has 0 rings (SSSR count). The third-order valence-electron chi connectivity index (χ3n) is 9.62. The van der Waals surface area contributed by atoms with Gasteiger partial charge in [-0.3, -0.25) is 14.4 Å². The average Bonchev–Trinajstić information content (AvgIpc) is 3.15. The largest absolute Gasteiger partial charge is 0.467 e. The number of methoxy groups -OCH3 is 1. The third-order valence-corrected chi connectivity index (χ3v) is 10.8. The standard InChI is InChI=1S/C42H80N2O8S/c1-4-6-8-10-12-14-16-18-20-22-24-26-28-30-39(46)51-33-36(34-53-35-37(43)41(48)44-38(32-45)42(49)50-3)52-40(47)31-29-27-25-23-21-19-17-15-13-11-9-7-5-2/h36-38,45H,4-35,43H2,1-3H3,(H,44,48)/t36-,37-,38+/m1/s1. The number of thioether (sulfide) groups is 1. The smallest absolute Gasteiger partial charge is 0.330 e. The summed E-state index contributed by atoms with van der Waals surface area (Å²) in [5.74, 6) is -1.54. The minimum Gasteiger partial charge on any atom is -0.467 e. The number of hydrogen-bond acceptors (Lipinski definition) is 10. The molecule has 3 atom stereocenters. The number of aliphatic hydroxyl groups is 1. The molecule has 0 aromatic carbocycles. The first-order valence-corrected chi connectivity index (χ1v) is 22.6. The second-order valence-corrected chi connectivity index (χ2v) is 15.8. The summed E-state index contributed by atoms with van der Waals surface area (Å²) in [5.41, 5.74) is 6.01. The summed E-state index contributed by atoms with van der Waals surface area (Å²) in [6.45, 7) is 3.84. The lowest BCUT2D eigenvalue weighted by atomic mass is 10.0. The van der Waals surface area contributed by atoms with E-state index in [0.29, 0.717) is 12.8 Å². The Kier molecular flexibility index (Phi) is 37.1. The van der Waals surface area contributed by atoms with Gasteiger partial charge in [0, 0.05) is 24.3 Å². The Balaban J connectivity index is 4.49. The SMILES string of the molecule is CCCCCCCCCCCCCCCC(=O)OC[C@H](CSC[C@@H](N)C(=O)N[C@@H](CO)C(=O)OC)OC(=O)CCCCCCCCCCCCCCC. The molecule has 0 aliphatic rings. The van der Waals surface area contributed by atoms with E-state index in [4.69, 9.17) is 15.2 Å². The lowest BCUT2D eigenvalue weighted by molar-refractivity contribution is -0.157. The van der Waals surface area contributed by atoms with Gasteiger partial charge in [0.1, 0.15) is 12.7 Å². The van der Waals surface area contributed by atoms with Crippen LogP contribution in [-0.2, 0) is 33.4 Å². The summed E-state index contributed by atoms with van der Waals surface area (Å²) in [6.07, 6.45) is 31.9. The number of ether oxygens (including phenoxy) is 3. The fourth-order valence-corrected chi connectivity index (χ4v) is 7.16. The summed E-state index contributed by atoms with van der Waals surface area (Å²) < 4.78 is 15.8. The molecule has 0 heterocycles. The molecule has 0 saturated carbocycles. The van der Waals surface area contributed by atoms with Crippen LogP contribution in [0.1, 0.15) is 194 Å². The Bertz CT molecular complexity index is 893. The number of nitrogens with one attached hydrogen (secondary N) is 1. The maximum absolute atomic E-state index is 12.7. The van der Waals surface area contributed by atoms with Crippen LogP contribution in [0.25, 0.3) is 0 Å². The number of carbonyl (C=O) groups is 4. The number of carbonyl (C=O) groups excluding carboxylic acids is 4. The fraction of sp³-hybridized carbons (Fsp3) is 0.905. The molecule has 0 aliphatic carbocycles. The van der Waals surface area contributed by atoms with Crippen LogP contribution < -0.4 is 11.1 Å². The quantitative estimate of drug-likeness (QED) is 0.0313. The Morgan fingerprint density at radius 1 is 0.604 bits per heavy atom. The molecule has 0 aliphatic heterocycles. The molecule has 11 heteroatoms. The number of nitrogens with two attached hydrogens (primary N) is 1. The van der Waals surface area contributed by atoms with Crippen LogP contribution in [0, 0.1) is 0 Å². The molecule has 0 bridgehead atoms. The lowest BCUT2D eigenvalue weighted by Gasteiger charge is -2.20. The van der Waals surface area contributed by atoms with Crippen LogP contribution >= 0.6 is 11.8 Å². The van der Waals surface area contributed by atoms with Gasteiger partial charge in [0.05, 0.1) is 19.8 Å². The van der Waals surface area contributed by atoms with Crippen LogP contribution in [0.2, 0.25) is 0 Å². The molecule has 53 heavy (non-hydrogen) atoms. The highest BCUT2D eigenvalue weighted by Crippen LogP contribution is 2.16. The predicted octanol–water partition coefficient (Wildman–Crippen LogP) is 9.11. The molecular weight excluding hydrogens is 693 g/mol. The van der Waals surface area contributed by atoms with E-state index in [2.05, 4.69) is 23.9 Å². The van der Waals surface area contributed by atoms with Crippen molar-refractivity contribution >= 4 is 35.6 Å². The highest BCUT2D eigenvalue weighted by atomic mass is 32.2. The lowest BCUT2D eigenvalue weighted by Crippen LogP contribution is -2.51. The van der Waals surface area contributed by atoms with Crippen molar-refractivity contribution in [2.75, 3.05) is 31.8 Å². The van der Waals surface area contributed by atoms with Gasteiger partial charge in [-0.1, -0.05) is 168 Å². The maximum Gasteiger partial charge on any atom is 0.330 e. The van der Waals surface area contributed by atoms with Crippen molar-refractivity contribution in [2.24, 2.45) is 5.73 Å². The van der Waals surface area contributed by atoms with Crippen molar-refractivity contribution < 1.29 is 38.5 Å². The Hall–Kier alpha value is -1.85. The molecule has 0 aromatic heterocycles. The zero-order chi connectivity index (χ0) is 39.2. The molecule has 0 saturated heterocycles. The molecule has 312 valence electrons. The van der Waals surface area contributed by atoms with Crippen molar-refractivity contribution in [1.29, 1.82) is 0 Å². The second-order valence-electron chi connectivity index (χ2n) is 14.7. The second kappa shape index (κ2) is 38.4. The summed E-state index contributed by atoms with van der Waals surface area (Å²) in [6, 6.07) is -2.17.